The molecular weight excluding hydrogens is 467 g/mol. The molecule has 1 spiro atoms. The number of anilines is 1. The molecular formula is C27H26ClFN4O2. The Bertz CT molecular complexity index is 1300. The second-order valence-corrected chi connectivity index (χ2v) is 9.44. The van der Waals surface area contributed by atoms with Crippen molar-refractivity contribution < 1.29 is 14.2 Å². The fourth-order valence-electron chi connectivity index (χ4n) is 5.16. The Kier molecular flexibility index (Phi) is 6.61. The zero-order valence-corrected chi connectivity index (χ0v) is 19.9. The summed E-state index contributed by atoms with van der Waals surface area (Å²) in [6, 6.07) is 13.1. The van der Waals surface area contributed by atoms with E-state index in [0.29, 0.717) is 17.2 Å². The van der Waals surface area contributed by atoms with Gasteiger partial charge in [0, 0.05) is 19.1 Å². The van der Waals surface area contributed by atoms with Crippen LogP contribution in [-0.2, 0) is 13.0 Å². The van der Waals surface area contributed by atoms with Crippen molar-refractivity contribution in [2.75, 3.05) is 24.6 Å². The van der Waals surface area contributed by atoms with Crippen molar-refractivity contribution in [3.63, 3.8) is 0 Å². The number of fused-ring (bicyclic) bond motifs is 1. The first-order valence-electron chi connectivity index (χ1n) is 11.6. The Morgan fingerprint density at radius 3 is 2.77 bits per heavy atom. The average Bonchev–Trinajstić information content (AvgIpc) is 3.15. The van der Waals surface area contributed by atoms with Crippen LogP contribution in [0, 0.1) is 23.1 Å². The van der Waals surface area contributed by atoms with Crippen molar-refractivity contribution in [2.45, 2.75) is 31.9 Å². The number of ether oxygens (including phenoxy) is 1. The molecule has 1 saturated heterocycles. The first-order chi connectivity index (χ1) is 17.0. The number of halogens is 2. The maximum absolute atomic E-state index is 13.9. The summed E-state index contributed by atoms with van der Waals surface area (Å²) in [6.07, 6.45) is 4.50. The Balaban J connectivity index is 1.24. The second kappa shape index (κ2) is 9.82. The van der Waals surface area contributed by atoms with E-state index in [1.807, 2.05) is 0 Å². The van der Waals surface area contributed by atoms with Gasteiger partial charge >= 0.3 is 0 Å². The largest absolute Gasteiger partial charge is 0.478 e. The maximum Gasteiger partial charge on any atom is 0.183 e. The van der Waals surface area contributed by atoms with Crippen molar-refractivity contribution in [1.29, 1.82) is 0 Å². The first kappa shape index (κ1) is 23.6. The molecule has 3 N–H and O–H groups in total. The van der Waals surface area contributed by atoms with Gasteiger partial charge in [0.2, 0.25) is 0 Å². The van der Waals surface area contributed by atoms with E-state index in [1.165, 1.54) is 23.3 Å². The monoisotopic (exact) mass is 492 g/mol. The van der Waals surface area contributed by atoms with Gasteiger partial charge in [-0.2, -0.15) is 0 Å². The minimum absolute atomic E-state index is 0.00686. The van der Waals surface area contributed by atoms with E-state index in [4.69, 9.17) is 22.1 Å². The van der Waals surface area contributed by atoms with Crippen LogP contribution in [0.4, 0.5) is 10.2 Å². The smallest absolute Gasteiger partial charge is 0.183 e. The molecule has 0 amide bonds. The standard InChI is InChI=1S/C27H26ClFN4O2/c28-21-8-3-9-23(24(21)29)35-14-4-6-19-16-31-26(22(17-34)32-19)33-12-10-27(11-13-33)15-18-5-1-2-7-20(18)25(27)30/h1-3,5,7-9,16,25,34H,10-15,17,30H2/t25-/m1/s1. The van der Waals surface area contributed by atoms with Gasteiger partial charge in [-0.05, 0) is 53.9 Å². The number of piperidine rings is 1. The number of hydrogen-bond acceptors (Lipinski definition) is 6. The number of rotatable bonds is 4. The predicted octanol–water partition coefficient (Wildman–Crippen LogP) is 4.03. The van der Waals surface area contributed by atoms with Gasteiger partial charge in [-0.3, -0.25) is 0 Å². The lowest BCUT2D eigenvalue weighted by Crippen LogP contribution is -2.45. The van der Waals surface area contributed by atoms with E-state index in [9.17, 15) is 9.50 Å². The summed E-state index contributed by atoms with van der Waals surface area (Å²) in [4.78, 5) is 11.2. The molecule has 6 nitrogen and oxygen atoms in total. The summed E-state index contributed by atoms with van der Waals surface area (Å²) in [5, 5.41) is 9.93. The molecule has 180 valence electrons. The third-order valence-corrected chi connectivity index (χ3v) is 7.35. The molecule has 1 aliphatic heterocycles. The summed E-state index contributed by atoms with van der Waals surface area (Å²) >= 11 is 5.76. The minimum atomic E-state index is -0.617. The lowest BCUT2D eigenvalue weighted by atomic mass is 9.73. The molecule has 0 bridgehead atoms. The van der Waals surface area contributed by atoms with E-state index < -0.39 is 5.82 Å². The maximum atomic E-state index is 13.9. The van der Waals surface area contributed by atoms with Gasteiger partial charge in [0.1, 0.15) is 18.0 Å². The lowest BCUT2D eigenvalue weighted by molar-refractivity contribution is 0.186. The third kappa shape index (κ3) is 4.57. The highest BCUT2D eigenvalue weighted by Gasteiger charge is 2.46. The van der Waals surface area contributed by atoms with Gasteiger partial charge in [-0.25, -0.2) is 14.4 Å². The van der Waals surface area contributed by atoms with Gasteiger partial charge in [0.05, 0.1) is 17.8 Å². The first-order valence-corrected chi connectivity index (χ1v) is 12.0. The third-order valence-electron chi connectivity index (χ3n) is 7.06. The molecule has 0 radical (unpaired) electrons. The van der Waals surface area contributed by atoms with Crippen LogP contribution in [0.2, 0.25) is 5.02 Å². The second-order valence-electron chi connectivity index (χ2n) is 9.03. The summed E-state index contributed by atoms with van der Waals surface area (Å²) in [5.41, 5.74) is 10.3. The fraction of sp³-hybridized carbons (Fsp3) is 0.333. The molecule has 0 unspecified atom stereocenters. The van der Waals surface area contributed by atoms with Crippen molar-refractivity contribution in [3.8, 4) is 17.6 Å². The molecule has 1 fully saturated rings. The summed E-state index contributed by atoms with van der Waals surface area (Å²) in [7, 11) is 0. The molecule has 1 atom stereocenters. The van der Waals surface area contributed by atoms with Crippen LogP contribution in [0.5, 0.6) is 5.75 Å². The van der Waals surface area contributed by atoms with Crippen LogP contribution in [-0.4, -0.2) is 34.8 Å². The van der Waals surface area contributed by atoms with Crippen LogP contribution >= 0.6 is 11.6 Å². The zero-order valence-electron chi connectivity index (χ0n) is 19.2. The SMILES string of the molecule is N[C@@H]1c2ccccc2CC12CCN(c1ncc(C#CCOc3cccc(Cl)c3F)nc1CO)CC2. The highest BCUT2D eigenvalue weighted by atomic mass is 35.5. The molecule has 2 aromatic carbocycles. The number of benzene rings is 2. The number of aliphatic hydroxyl groups excluding tert-OH is 1. The molecule has 1 aromatic heterocycles. The van der Waals surface area contributed by atoms with Gasteiger partial charge in [0.15, 0.2) is 17.4 Å². The van der Waals surface area contributed by atoms with Gasteiger partial charge < -0.3 is 20.5 Å². The Labute approximate surface area is 208 Å². The van der Waals surface area contributed by atoms with E-state index >= 15 is 0 Å². The molecule has 5 rings (SSSR count). The topological polar surface area (TPSA) is 84.5 Å². The number of nitrogens with zero attached hydrogens (tertiary/aromatic N) is 3. The van der Waals surface area contributed by atoms with Crippen LogP contribution in [0.15, 0.2) is 48.7 Å². The Morgan fingerprint density at radius 2 is 2.00 bits per heavy atom. The van der Waals surface area contributed by atoms with Gasteiger partial charge in [-0.1, -0.05) is 47.9 Å². The van der Waals surface area contributed by atoms with Crippen molar-refractivity contribution >= 4 is 17.4 Å². The highest BCUT2D eigenvalue weighted by Crippen LogP contribution is 2.51. The average molecular weight is 493 g/mol. The quantitative estimate of drug-likeness (QED) is 0.535. The van der Waals surface area contributed by atoms with Crippen molar-refractivity contribution in [3.05, 3.63) is 82.0 Å². The summed E-state index contributed by atoms with van der Waals surface area (Å²) < 4.78 is 19.2. The molecule has 1 aliphatic carbocycles. The van der Waals surface area contributed by atoms with E-state index in [0.717, 1.165) is 32.4 Å². The molecule has 2 heterocycles. The number of hydrogen-bond donors (Lipinski definition) is 2. The number of aliphatic hydroxyl groups is 1. The predicted molar refractivity (Wildman–Crippen MR) is 133 cm³/mol. The van der Waals surface area contributed by atoms with Crippen LogP contribution in [0.1, 0.15) is 41.4 Å². The normalized spacial score (nSPS) is 18.2. The van der Waals surface area contributed by atoms with E-state index in [-0.39, 0.29) is 35.4 Å². The molecule has 2 aliphatic rings. The number of aromatic nitrogens is 2. The lowest BCUT2D eigenvalue weighted by Gasteiger charge is -2.42. The van der Waals surface area contributed by atoms with Crippen LogP contribution in [0.3, 0.4) is 0 Å². The summed E-state index contributed by atoms with van der Waals surface area (Å²) in [5.74, 6) is 5.76. The molecule has 0 saturated carbocycles. The molecule has 35 heavy (non-hydrogen) atoms. The summed E-state index contributed by atoms with van der Waals surface area (Å²) in [6.45, 7) is 1.32. The van der Waals surface area contributed by atoms with Crippen molar-refractivity contribution in [1.82, 2.24) is 9.97 Å². The number of nitrogens with two attached hydrogens (primary N) is 1. The van der Waals surface area contributed by atoms with Crippen LogP contribution < -0.4 is 15.4 Å². The van der Waals surface area contributed by atoms with Crippen LogP contribution in [0.25, 0.3) is 0 Å². The van der Waals surface area contributed by atoms with Crippen molar-refractivity contribution in [2.24, 2.45) is 11.1 Å². The highest BCUT2D eigenvalue weighted by molar-refractivity contribution is 6.30. The van der Waals surface area contributed by atoms with E-state index in [2.05, 4.69) is 51.0 Å². The Hall–Kier alpha value is -3.18. The Morgan fingerprint density at radius 1 is 1.20 bits per heavy atom. The molecule has 8 heteroatoms. The fourth-order valence-corrected chi connectivity index (χ4v) is 5.32. The van der Waals surface area contributed by atoms with Gasteiger partial charge in [0.25, 0.3) is 0 Å². The molecule has 3 aromatic rings. The minimum Gasteiger partial charge on any atom is -0.478 e. The van der Waals surface area contributed by atoms with Gasteiger partial charge in [-0.15, -0.1) is 0 Å². The van der Waals surface area contributed by atoms with E-state index in [1.54, 1.807) is 12.3 Å². The zero-order chi connectivity index (χ0) is 24.4.